The first-order chi connectivity index (χ1) is 9.04. The number of rotatable bonds is 7. The number of amides is 1. The molecule has 1 rings (SSSR count). The molecule has 114 valence electrons. The van der Waals surface area contributed by atoms with Gasteiger partial charge in [0.15, 0.2) is 0 Å². The molecular formula is C15H26ClN3O. The summed E-state index contributed by atoms with van der Waals surface area (Å²) in [5.74, 6) is 0.0354. The van der Waals surface area contributed by atoms with Gasteiger partial charge >= 0.3 is 0 Å². The Hall–Kier alpha value is -1.10. The van der Waals surface area contributed by atoms with Crippen LogP contribution in [0.5, 0.6) is 0 Å². The first-order valence-electron chi connectivity index (χ1n) is 6.77. The zero-order chi connectivity index (χ0) is 14.3. The van der Waals surface area contributed by atoms with Crippen molar-refractivity contribution in [2.24, 2.45) is 5.73 Å². The van der Waals surface area contributed by atoms with E-state index in [4.69, 9.17) is 5.73 Å². The first-order valence-corrected chi connectivity index (χ1v) is 6.77. The van der Waals surface area contributed by atoms with E-state index in [0.717, 1.165) is 12.1 Å². The topological polar surface area (TPSA) is 49.6 Å². The summed E-state index contributed by atoms with van der Waals surface area (Å²) in [6.45, 7) is 4.11. The number of hydrogen-bond donors (Lipinski definition) is 1. The van der Waals surface area contributed by atoms with Crippen LogP contribution in [0, 0.1) is 0 Å². The van der Waals surface area contributed by atoms with Crippen LogP contribution in [0.2, 0.25) is 0 Å². The zero-order valence-electron chi connectivity index (χ0n) is 12.6. The third kappa shape index (κ3) is 6.37. The van der Waals surface area contributed by atoms with Crippen LogP contribution in [0.15, 0.2) is 30.3 Å². The van der Waals surface area contributed by atoms with Gasteiger partial charge in [0.2, 0.25) is 5.91 Å². The highest BCUT2D eigenvalue weighted by molar-refractivity contribution is 5.85. The molecule has 1 amide bonds. The molecule has 4 nitrogen and oxygen atoms in total. The standard InChI is InChI=1S/C15H25N3O.ClH/c1-4-14(16)15(19)18(11-10-17(2)3)12-13-8-6-5-7-9-13;/h5-9,14H,4,10-12,16H2,1-3H3;1H/t14-;/m0./s1. The van der Waals surface area contributed by atoms with Crippen LogP contribution in [0.25, 0.3) is 0 Å². The Morgan fingerprint density at radius 1 is 1.20 bits per heavy atom. The Morgan fingerprint density at radius 3 is 2.30 bits per heavy atom. The molecule has 0 spiro atoms. The molecule has 0 saturated carbocycles. The summed E-state index contributed by atoms with van der Waals surface area (Å²) in [5.41, 5.74) is 7.01. The minimum Gasteiger partial charge on any atom is -0.336 e. The number of likely N-dealkylation sites (N-methyl/N-ethyl adjacent to an activating group) is 1. The number of benzene rings is 1. The van der Waals surface area contributed by atoms with Crippen LogP contribution < -0.4 is 5.73 Å². The summed E-state index contributed by atoms with van der Waals surface area (Å²) < 4.78 is 0. The quantitative estimate of drug-likeness (QED) is 0.834. The van der Waals surface area contributed by atoms with Crippen LogP contribution in [0.1, 0.15) is 18.9 Å². The normalized spacial score (nSPS) is 11.8. The maximum Gasteiger partial charge on any atom is 0.239 e. The van der Waals surface area contributed by atoms with Crippen LogP contribution in [0.3, 0.4) is 0 Å². The molecule has 1 aromatic rings. The summed E-state index contributed by atoms with van der Waals surface area (Å²) in [6.07, 6.45) is 0.673. The molecule has 0 radical (unpaired) electrons. The van der Waals surface area contributed by atoms with Crippen molar-refractivity contribution < 1.29 is 4.79 Å². The highest BCUT2D eigenvalue weighted by Crippen LogP contribution is 2.07. The Morgan fingerprint density at radius 2 is 1.80 bits per heavy atom. The monoisotopic (exact) mass is 299 g/mol. The van der Waals surface area contributed by atoms with E-state index in [0.29, 0.717) is 19.5 Å². The Balaban J connectivity index is 0.00000361. The number of carbonyl (C=O) groups excluding carboxylic acids is 1. The Kier molecular flexibility index (Phi) is 9.21. The maximum absolute atomic E-state index is 12.3. The lowest BCUT2D eigenvalue weighted by Gasteiger charge is -2.27. The summed E-state index contributed by atoms with van der Waals surface area (Å²) in [6, 6.07) is 9.63. The summed E-state index contributed by atoms with van der Waals surface area (Å²) in [4.78, 5) is 16.2. The van der Waals surface area contributed by atoms with Crippen molar-refractivity contribution in [1.82, 2.24) is 9.80 Å². The van der Waals surface area contributed by atoms with Gasteiger partial charge in [0.05, 0.1) is 6.04 Å². The lowest BCUT2D eigenvalue weighted by Crippen LogP contribution is -2.45. The van der Waals surface area contributed by atoms with E-state index >= 15 is 0 Å². The molecule has 1 atom stereocenters. The van der Waals surface area contributed by atoms with Crippen molar-refractivity contribution in [3.8, 4) is 0 Å². The summed E-state index contributed by atoms with van der Waals surface area (Å²) in [7, 11) is 4.01. The molecule has 0 aliphatic rings. The van der Waals surface area contributed by atoms with Gasteiger partial charge in [0, 0.05) is 19.6 Å². The number of nitrogens with two attached hydrogens (primary N) is 1. The fourth-order valence-corrected chi connectivity index (χ4v) is 1.80. The van der Waals surface area contributed by atoms with Gasteiger partial charge in [-0.3, -0.25) is 4.79 Å². The fourth-order valence-electron chi connectivity index (χ4n) is 1.80. The molecule has 0 saturated heterocycles. The molecule has 0 bridgehead atoms. The molecule has 0 heterocycles. The molecule has 0 aliphatic heterocycles. The molecule has 2 N–H and O–H groups in total. The van der Waals surface area contributed by atoms with Gasteiger partial charge in [-0.05, 0) is 26.1 Å². The van der Waals surface area contributed by atoms with E-state index in [1.54, 1.807) is 0 Å². The second-order valence-electron chi connectivity index (χ2n) is 5.06. The summed E-state index contributed by atoms with van der Waals surface area (Å²) >= 11 is 0. The molecule has 20 heavy (non-hydrogen) atoms. The van der Waals surface area contributed by atoms with E-state index in [1.807, 2.05) is 56.3 Å². The first kappa shape index (κ1) is 18.9. The second-order valence-corrected chi connectivity index (χ2v) is 5.06. The largest absolute Gasteiger partial charge is 0.336 e. The van der Waals surface area contributed by atoms with Gasteiger partial charge in [-0.25, -0.2) is 0 Å². The molecule has 5 heteroatoms. The fraction of sp³-hybridized carbons (Fsp3) is 0.533. The number of carbonyl (C=O) groups is 1. The lowest BCUT2D eigenvalue weighted by molar-refractivity contribution is -0.133. The molecule has 1 aromatic carbocycles. The van der Waals surface area contributed by atoms with Crippen LogP contribution in [-0.2, 0) is 11.3 Å². The van der Waals surface area contributed by atoms with Gasteiger partial charge in [-0.15, -0.1) is 12.4 Å². The second kappa shape index (κ2) is 9.75. The van der Waals surface area contributed by atoms with E-state index in [-0.39, 0.29) is 18.3 Å². The molecule has 0 aliphatic carbocycles. The van der Waals surface area contributed by atoms with Crippen molar-refractivity contribution in [3.05, 3.63) is 35.9 Å². The zero-order valence-corrected chi connectivity index (χ0v) is 13.4. The highest BCUT2D eigenvalue weighted by atomic mass is 35.5. The number of hydrogen-bond acceptors (Lipinski definition) is 3. The van der Waals surface area contributed by atoms with E-state index in [2.05, 4.69) is 4.90 Å². The van der Waals surface area contributed by atoms with E-state index in [9.17, 15) is 4.79 Å². The molecule has 0 unspecified atom stereocenters. The molecular weight excluding hydrogens is 274 g/mol. The Labute approximate surface area is 128 Å². The average molecular weight is 300 g/mol. The lowest BCUT2D eigenvalue weighted by atomic mass is 10.1. The third-order valence-corrected chi connectivity index (χ3v) is 3.10. The predicted octanol–water partition coefficient (Wildman–Crippen LogP) is 1.74. The van der Waals surface area contributed by atoms with Crippen molar-refractivity contribution in [2.75, 3.05) is 27.2 Å². The van der Waals surface area contributed by atoms with Crippen molar-refractivity contribution >= 4 is 18.3 Å². The summed E-state index contributed by atoms with van der Waals surface area (Å²) in [5, 5.41) is 0. The third-order valence-electron chi connectivity index (χ3n) is 3.10. The van der Waals surface area contributed by atoms with E-state index < -0.39 is 6.04 Å². The van der Waals surface area contributed by atoms with Crippen LogP contribution in [0.4, 0.5) is 0 Å². The SMILES string of the molecule is CC[C@H](N)C(=O)N(CCN(C)C)Cc1ccccc1.Cl. The van der Waals surface area contributed by atoms with E-state index in [1.165, 1.54) is 0 Å². The smallest absolute Gasteiger partial charge is 0.239 e. The van der Waals surface area contributed by atoms with Gasteiger partial charge in [-0.1, -0.05) is 37.3 Å². The van der Waals surface area contributed by atoms with Gasteiger partial charge in [-0.2, -0.15) is 0 Å². The molecule has 0 aromatic heterocycles. The minimum absolute atomic E-state index is 0. The molecule has 0 fully saturated rings. The van der Waals surface area contributed by atoms with Crippen LogP contribution >= 0.6 is 12.4 Å². The van der Waals surface area contributed by atoms with Gasteiger partial charge < -0.3 is 15.5 Å². The maximum atomic E-state index is 12.3. The minimum atomic E-state index is -0.397. The highest BCUT2D eigenvalue weighted by Gasteiger charge is 2.19. The van der Waals surface area contributed by atoms with Crippen molar-refractivity contribution in [3.63, 3.8) is 0 Å². The Bertz CT molecular complexity index is 384. The number of nitrogens with zero attached hydrogens (tertiary/aromatic N) is 2. The van der Waals surface area contributed by atoms with Crippen molar-refractivity contribution in [2.45, 2.75) is 25.9 Å². The average Bonchev–Trinajstić information content (AvgIpc) is 2.42. The van der Waals surface area contributed by atoms with Gasteiger partial charge in [0.25, 0.3) is 0 Å². The van der Waals surface area contributed by atoms with Gasteiger partial charge in [0.1, 0.15) is 0 Å². The van der Waals surface area contributed by atoms with Crippen molar-refractivity contribution in [1.29, 1.82) is 0 Å². The van der Waals surface area contributed by atoms with Crippen LogP contribution in [-0.4, -0.2) is 48.9 Å². The number of halogens is 1. The predicted molar refractivity (Wildman–Crippen MR) is 85.9 cm³/mol.